The summed E-state index contributed by atoms with van der Waals surface area (Å²) in [5, 5.41) is 3.50. The Labute approximate surface area is 247 Å². The minimum Gasteiger partial charge on any atom is -0.354 e. The summed E-state index contributed by atoms with van der Waals surface area (Å²) in [6.07, 6.45) is 0.731. The lowest BCUT2D eigenvalue weighted by Gasteiger charge is -2.32. The minimum atomic E-state index is -4.14. The first kappa shape index (κ1) is 31.5. The standard InChI is InChI=1S/C30H35Cl2N3O4S/c1-6-15-33-30(37)23(5)34(18-24-11-14-26(31)27(32)17-24)29(36)19-35(28-16-21(3)7-10-22(28)4)40(38,39)25-12-8-20(2)9-13-25/h7-14,16-17,23H,6,15,18-19H2,1-5H3,(H,33,37)/t23-/m1/s1. The molecule has 10 heteroatoms. The van der Waals surface area contributed by atoms with Gasteiger partial charge in [0.05, 0.1) is 20.6 Å². The van der Waals surface area contributed by atoms with Gasteiger partial charge in [-0.2, -0.15) is 0 Å². The number of benzene rings is 3. The Balaban J connectivity index is 2.07. The van der Waals surface area contributed by atoms with Gasteiger partial charge in [-0.3, -0.25) is 13.9 Å². The zero-order chi connectivity index (χ0) is 29.6. The largest absolute Gasteiger partial charge is 0.354 e. The molecule has 0 unspecified atom stereocenters. The van der Waals surface area contributed by atoms with Crippen LogP contribution in [0.4, 0.5) is 5.69 Å². The van der Waals surface area contributed by atoms with E-state index in [0.717, 1.165) is 21.9 Å². The third kappa shape index (κ3) is 7.56. The second-order valence-corrected chi connectivity index (χ2v) is 12.5. The highest BCUT2D eigenvalue weighted by Gasteiger charge is 2.33. The van der Waals surface area contributed by atoms with Gasteiger partial charge >= 0.3 is 0 Å². The maximum absolute atomic E-state index is 14.0. The van der Waals surface area contributed by atoms with Crippen molar-refractivity contribution >= 4 is 50.7 Å². The average molecular weight is 605 g/mol. The normalized spacial score (nSPS) is 12.1. The highest BCUT2D eigenvalue weighted by Crippen LogP contribution is 2.29. The summed E-state index contributed by atoms with van der Waals surface area (Å²) < 4.78 is 29.1. The summed E-state index contributed by atoms with van der Waals surface area (Å²) in [5.41, 5.74) is 3.49. The molecule has 1 N–H and O–H groups in total. The van der Waals surface area contributed by atoms with Crippen LogP contribution in [0.25, 0.3) is 0 Å². The molecule has 214 valence electrons. The van der Waals surface area contributed by atoms with Gasteiger partial charge in [0.1, 0.15) is 12.6 Å². The van der Waals surface area contributed by atoms with Crippen molar-refractivity contribution in [2.45, 2.75) is 58.5 Å². The minimum absolute atomic E-state index is 0.0294. The molecule has 0 spiro atoms. The number of carbonyl (C=O) groups is 2. The number of anilines is 1. The van der Waals surface area contributed by atoms with Gasteiger partial charge in [0.2, 0.25) is 11.8 Å². The lowest BCUT2D eigenvalue weighted by molar-refractivity contribution is -0.139. The van der Waals surface area contributed by atoms with Crippen LogP contribution in [0.3, 0.4) is 0 Å². The first-order valence-corrected chi connectivity index (χ1v) is 15.2. The maximum Gasteiger partial charge on any atom is 0.264 e. The number of sulfonamides is 1. The Bertz CT molecular complexity index is 1480. The van der Waals surface area contributed by atoms with E-state index >= 15 is 0 Å². The fourth-order valence-electron chi connectivity index (χ4n) is 4.15. The third-order valence-corrected chi connectivity index (χ3v) is 9.09. The second-order valence-electron chi connectivity index (χ2n) is 9.85. The van der Waals surface area contributed by atoms with Gasteiger partial charge in [-0.05, 0) is 81.1 Å². The molecule has 0 heterocycles. The van der Waals surface area contributed by atoms with Gasteiger partial charge in [0, 0.05) is 13.1 Å². The molecule has 0 saturated heterocycles. The summed E-state index contributed by atoms with van der Waals surface area (Å²) in [4.78, 5) is 28.4. The van der Waals surface area contributed by atoms with Crippen LogP contribution in [0.5, 0.6) is 0 Å². The molecule has 1 atom stereocenters. The Morgan fingerprint density at radius 2 is 1.55 bits per heavy atom. The molecule has 0 aliphatic heterocycles. The quantitative estimate of drug-likeness (QED) is 0.289. The number of nitrogens with zero attached hydrogens (tertiary/aromatic N) is 2. The number of rotatable bonds is 11. The number of nitrogens with one attached hydrogen (secondary N) is 1. The topological polar surface area (TPSA) is 86.8 Å². The van der Waals surface area contributed by atoms with Crippen LogP contribution in [-0.4, -0.2) is 44.3 Å². The van der Waals surface area contributed by atoms with E-state index in [9.17, 15) is 18.0 Å². The van der Waals surface area contributed by atoms with Gasteiger partial charge in [0.15, 0.2) is 0 Å². The zero-order valence-corrected chi connectivity index (χ0v) is 25.7. The van der Waals surface area contributed by atoms with Gasteiger partial charge < -0.3 is 10.2 Å². The molecule has 0 saturated carbocycles. The molecule has 0 aromatic heterocycles. The molecule has 7 nitrogen and oxygen atoms in total. The summed E-state index contributed by atoms with van der Waals surface area (Å²) >= 11 is 12.3. The van der Waals surface area contributed by atoms with Crippen LogP contribution < -0.4 is 9.62 Å². The molecule has 0 bridgehead atoms. The van der Waals surface area contributed by atoms with E-state index < -0.39 is 28.5 Å². The van der Waals surface area contributed by atoms with E-state index in [0.29, 0.717) is 33.4 Å². The second kappa shape index (κ2) is 13.5. The van der Waals surface area contributed by atoms with Crippen molar-refractivity contribution in [3.8, 4) is 0 Å². The molecule has 0 fully saturated rings. The third-order valence-electron chi connectivity index (χ3n) is 6.57. The zero-order valence-electron chi connectivity index (χ0n) is 23.4. The van der Waals surface area contributed by atoms with E-state index in [1.54, 1.807) is 50.2 Å². The van der Waals surface area contributed by atoms with Gasteiger partial charge in [-0.25, -0.2) is 8.42 Å². The molecule has 0 radical (unpaired) electrons. The van der Waals surface area contributed by atoms with Crippen molar-refractivity contribution in [2.24, 2.45) is 0 Å². The number of amides is 2. The number of carbonyl (C=O) groups excluding carboxylic acids is 2. The Kier molecular flexibility index (Phi) is 10.6. The van der Waals surface area contributed by atoms with E-state index in [-0.39, 0.29) is 17.3 Å². The van der Waals surface area contributed by atoms with E-state index in [1.807, 2.05) is 32.9 Å². The van der Waals surface area contributed by atoms with Crippen LogP contribution in [0, 0.1) is 20.8 Å². The summed E-state index contributed by atoms with van der Waals surface area (Å²) in [7, 11) is -4.14. The highest BCUT2D eigenvalue weighted by molar-refractivity contribution is 7.92. The van der Waals surface area contributed by atoms with Crippen LogP contribution in [0.15, 0.2) is 65.6 Å². The van der Waals surface area contributed by atoms with Crippen molar-refractivity contribution in [2.75, 3.05) is 17.4 Å². The smallest absolute Gasteiger partial charge is 0.264 e. The predicted octanol–water partition coefficient (Wildman–Crippen LogP) is 6.06. The van der Waals surface area contributed by atoms with Crippen LogP contribution >= 0.6 is 23.2 Å². The monoisotopic (exact) mass is 603 g/mol. The van der Waals surface area contributed by atoms with Crippen molar-refractivity contribution in [3.05, 3.63) is 93.0 Å². The molecule has 3 rings (SSSR count). The Morgan fingerprint density at radius 1 is 0.900 bits per heavy atom. The molecule has 2 amide bonds. The van der Waals surface area contributed by atoms with Gasteiger partial charge in [-0.15, -0.1) is 0 Å². The SMILES string of the molecule is CCCNC(=O)[C@@H](C)N(Cc1ccc(Cl)c(Cl)c1)C(=O)CN(c1cc(C)ccc1C)S(=O)(=O)c1ccc(C)cc1. The van der Waals surface area contributed by atoms with Crippen molar-refractivity contribution in [3.63, 3.8) is 0 Å². The summed E-state index contributed by atoms with van der Waals surface area (Å²) in [5.74, 6) is -0.878. The molecule has 3 aromatic carbocycles. The molecule has 0 aliphatic rings. The number of hydrogen-bond donors (Lipinski definition) is 1. The number of halogens is 2. The maximum atomic E-state index is 14.0. The van der Waals surface area contributed by atoms with E-state index in [4.69, 9.17) is 23.2 Å². The summed E-state index contributed by atoms with van der Waals surface area (Å²) in [6, 6.07) is 16.0. The lowest BCUT2D eigenvalue weighted by Crippen LogP contribution is -2.51. The summed E-state index contributed by atoms with van der Waals surface area (Å²) in [6.45, 7) is 9.06. The first-order chi connectivity index (χ1) is 18.8. The first-order valence-electron chi connectivity index (χ1n) is 13.0. The van der Waals surface area contributed by atoms with Crippen molar-refractivity contribution < 1.29 is 18.0 Å². The molecular weight excluding hydrogens is 569 g/mol. The van der Waals surface area contributed by atoms with Crippen LogP contribution in [0.2, 0.25) is 10.0 Å². The number of aryl methyl sites for hydroxylation is 3. The molecule has 3 aromatic rings. The van der Waals surface area contributed by atoms with E-state index in [2.05, 4.69) is 5.32 Å². The van der Waals surface area contributed by atoms with Crippen molar-refractivity contribution in [1.29, 1.82) is 0 Å². The van der Waals surface area contributed by atoms with Gasteiger partial charge in [-0.1, -0.05) is 66.0 Å². The predicted molar refractivity (Wildman–Crippen MR) is 161 cm³/mol. The fourth-order valence-corrected chi connectivity index (χ4v) is 5.94. The van der Waals surface area contributed by atoms with Crippen LogP contribution in [-0.2, 0) is 26.2 Å². The van der Waals surface area contributed by atoms with Crippen LogP contribution in [0.1, 0.15) is 42.5 Å². The molecule has 40 heavy (non-hydrogen) atoms. The van der Waals surface area contributed by atoms with Gasteiger partial charge in [0.25, 0.3) is 10.0 Å². The Morgan fingerprint density at radius 3 is 2.17 bits per heavy atom. The molecule has 0 aliphatic carbocycles. The average Bonchev–Trinajstić information content (AvgIpc) is 2.92. The highest BCUT2D eigenvalue weighted by atomic mass is 35.5. The lowest BCUT2D eigenvalue weighted by atomic mass is 10.1. The Hall–Kier alpha value is -3.07. The molecular formula is C30H35Cl2N3O4S. The van der Waals surface area contributed by atoms with Crippen molar-refractivity contribution in [1.82, 2.24) is 10.2 Å². The number of hydrogen-bond acceptors (Lipinski definition) is 4. The van der Waals surface area contributed by atoms with E-state index in [1.165, 1.54) is 17.0 Å². The fraction of sp³-hybridized carbons (Fsp3) is 0.333.